The lowest BCUT2D eigenvalue weighted by atomic mass is 9.98. The van der Waals surface area contributed by atoms with Crippen LogP contribution in [0.1, 0.15) is 54.6 Å². The third kappa shape index (κ3) is 5.58. The van der Waals surface area contributed by atoms with Crippen molar-refractivity contribution in [1.82, 2.24) is 14.7 Å². The lowest BCUT2D eigenvalue weighted by Gasteiger charge is -2.22. The molecule has 0 bridgehead atoms. The Kier molecular flexibility index (Phi) is 7.76. The van der Waals surface area contributed by atoms with Crippen molar-refractivity contribution in [3.63, 3.8) is 0 Å². The largest absolute Gasteiger partial charge is 0.387 e. The first-order chi connectivity index (χ1) is 17.7. The van der Waals surface area contributed by atoms with Gasteiger partial charge < -0.3 is 20.4 Å². The second-order valence-electron chi connectivity index (χ2n) is 9.84. The number of aliphatic imine (C=N–C) groups is 1. The van der Waals surface area contributed by atoms with Gasteiger partial charge in [0, 0.05) is 56.9 Å². The Balaban J connectivity index is 1.61. The number of nitrogens with two attached hydrogens (primary N) is 1. The first-order valence-corrected chi connectivity index (χ1v) is 12.8. The van der Waals surface area contributed by atoms with E-state index in [0.29, 0.717) is 48.7 Å². The van der Waals surface area contributed by atoms with Crippen molar-refractivity contribution < 1.29 is 14.4 Å². The van der Waals surface area contributed by atoms with Gasteiger partial charge in [0.1, 0.15) is 12.4 Å². The smallest absolute Gasteiger partial charge is 0.254 e. The van der Waals surface area contributed by atoms with Crippen LogP contribution in [0, 0.1) is 0 Å². The molecule has 2 aromatic carbocycles. The van der Waals surface area contributed by atoms with Crippen molar-refractivity contribution in [2.75, 3.05) is 33.7 Å². The van der Waals surface area contributed by atoms with Crippen molar-refractivity contribution in [3.8, 4) is 11.1 Å². The molecule has 0 aliphatic carbocycles. The van der Waals surface area contributed by atoms with Gasteiger partial charge in [0.25, 0.3) is 5.91 Å². The maximum atomic E-state index is 13.2. The third-order valence-electron chi connectivity index (χ3n) is 6.69. The molecule has 194 valence electrons. The van der Waals surface area contributed by atoms with E-state index in [0.717, 1.165) is 35.1 Å². The van der Waals surface area contributed by atoms with Crippen LogP contribution in [0.2, 0.25) is 0 Å². The Labute approximate surface area is 218 Å². The fourth-order valence-electron chi connectivity index (χ4n) is 4.76. The van der Waals surface area contributed by atoms with E-state index >= 15 is 0 Å². The Morgan fingerprint density at radius 3 is 2.38 bits per heavy atom. The van der Waals surface area contributed by atoms with Gasteiger partial charge in [-0.05, 0) is 53.8 Å². The zero-order chi connectivity index (χ0) is 26.7. The van der Waals surface area contributed by atoms with Gasteiger partial charge in [0.2, 0.25) is 11.8 Å². The molecule has 2 aliphatic rings. The minimum atomic E-state index is -0.126. The monoisotopic (exact) mass is 501 g/mol. The Bertz CT molecular complexity index is 1290. The van der Waals surface area contributed by atoms with Gasteiger partial charge in [-0.15, -0.1) is 0 Å². The van der Waals surface area contributed by atoms with E-state index in [-0.39, 0.29) is 24.3 Å². The summed E-state index contributed by atoms with van der Waals surface area (Å²) in [4.78, 5) is 47.7. The normalized spacial score (nSPS) is 14.4. The van der Waals surface area contributed by atoms with Crippen LogP contribution >= 0.6 is 0 Å². The van der Waals surface area contributed by atoms with Gasteiger partial charge in [-0.3, -0.25) is 14.4 Å². The molecule has 0 atom stereocenters. The highest BCUT2D eigenvalue weighted by molar-refractivity contribution is 6.06. The Morgan fingerprint density at radius 2 is 1.70 bits per heavy atom. The quantitative estimate of drug-likeness (QED) is 0.594. The number of fused-ring (bicyclic) bond motifs is 2. The van der Waals surface area contributed by atoms with Gasteiger partial charge in [-0.2, -0.15) is 0 Å². The van der Waals surface area contributed by atoms with Crippen LogP contribution in [0.5, 0.6) is 0 Å². The highest BCUT2D eigenvalue weighted by Crippen LogP contribution is 2.34. The highest BCUT2D eigenvalue weighted by atomic mass is 16.2. The predicted molar refractivity (Wildman–Crippen MR) is 146 cm³/mol. The van der Waals surface area contributed by atoms with Crippen LogP contribution < -0.4 is 5.73 Å². The second-order valence-corrected chi connectivity index (χ2v) is 9.84. The summed E-state index contributed by atoms with van der Waals surface area (Å²) in [5, 5.41) is 0. The van der Waals surface area contributed by atoms with Crippen LogP contribution in [-0.2, 0) is 16.1 Å². The summed E-state index contributed by atoms with van der Waals surface area (Å²) in [6.45, 7) is 6.03. The maximum absolute atomic E-state index is 13.2. The average Bonchev–Trinajstić information content (AvgIpc) is 3.06. The number of rotatable bonds is 8. The highest BCUT2D eigenvalue weighted by Gasteiger charge is 2.29. The number of carbonyl (C=O) groups excluding carboxylic acids is 3. The van der Waals surface area contributed by atoms with Crippen molar-refractivity contribution >= 4 is 35.3 Å². The van der Waals surface area contributed by atoms with Gasteiger partial charge in [-0.25, -0.2) is 4.99 Å². The van der Waals surface area contributed by atoms with Gasteiger partial charge in [-0.1, -0.05) is 32.0 Å². The number of amides is 3. The summed E-state index contributed by atoms with van der Waals surface area (Å²) in [6.07, 6.45) is 4.02. The molecule has 2 heterocycles. The van der Waals surface area contributed by atoms with Gasteiger partial charge in [0.15, 0.2) is 0 Å². The molecule has 3 amide bonds. The molecule has 0 fully saturated rings. The summed E-state index contributed by atoms with van der Waals surface area (Å²) >= 11 is 0. The number of nitrogens with zero attached hydrogens (tertiary/aromatic N) is 4. The third-order valence-corrected chi connectivity index (χ3v) is 6.69. The molecule has 0 unspecified atom stereocenters. The fraction of sp³-hybridized carbons (Fsp3) is 0.379. The van der Waals surface area contributed by atoms with E-state index < -0.39 is 0 Å². The molecule has 0 aromatic heterocycles. The van der Waals surface area contributed by atoms with E-state index in [2.05, 4.69) is 18.8 Å². The molecule has 8 nitrogen and oxygen atoms in total. The molecule has 2 aliphatic heterocycles. The Hall–Kier alpha value is -3.94. The Morgan fingerprint density at radius 1 is 1.03 bits per heavy atom. The summed E-state index contributed by atoms with van der Waals surface area (Å²) in [7, 11) is 3.37. The van der Waals surface area contributed by atoms with E-state index in [9.17, 15) is 14.4 Å². The van der Waals surface area contributed by atoms with Crippen LogP contribution in [0.3, 0.4) is 0 Å². The zero-order valence-electron chi connectivity index (χ0n) is 22.1. The van der Waals surface area contributed by atoms with E-state index in [4.69, 9.17) is 5.73 Å². The van der Waals surface area contributed by atoms with E-state index in [1.807, 2.05) is 47.4 Å². The number of amidine groups is 1. The molecule has 0 saturated carbocycles. The maximum Gasteiger partial charge on any atom is 0.254 e. The number of carbonyl (C=O) groups is 3. The van der Waals surface area contributed by atoms with Crippen molar-refractivity contribution in [2.45, 2.75) is 39.7 Å². The molecule has 2 aromatic rings. The molecule has 0 spiro atoms. The first-order valence-electron chi connectivity index (χ1n) is 12.8. The van der Waals surface area contributed by atoms with Crippen molar-refractivity contribution in [2.24, 2.45) is 10.7 Å². The summed E-state index contributed by atoms with van der Waals surface area (Å²) in [5.74, 6) is 0.183. The lowest BCUT2D eigenvalue weighted by Crippen LogP contribution is -2.36. The molecule has 8 heteroatoms. The number of benzene rings is 2. The van der Waals surface area contributed by atoms with Crippen molar-refractivity contribution in [1.29, 1.82) is 0 Å². The van der Waals surface area contributed by atoms with Crippen LogP contribution in [0.4, 0.5) is 5.69 Å². The minimum absolute atomic E-state index is 0.0133. The molecular formula is C29H35N5O3. The van der Waals surface area contributed by atoms with Crippen LogP contribution in [0.15, 0.2) is 47.0 Å². The van der Waals surface area contributed by atoms with Crippen LogP contribution in [-0.4, -0.2) is 72.0 Å². The second kappa shape index (κ2) is 11.0. The lowest BCUT2D eigenvalue weighted by molar-refractivity contribution is -0.129. The zero-order valence-corrected chi connectivity index (χ0v) is 22.1. The number of likely N-dealkylation sites (N-methyl/N-ethyl adjacent to an activating group) is 1. The number of hydrogen-bond acceptors (Lipinski definition) is 5. The summed E-state index contributed by atoms with van der Waals surface area (Å²) in [5.41, 5.74) is 11.9. The van der Waals surface area contributed by atoms with Crippen molar-refractivity contribution in [3.05, 3.63) is 58.7 Å². The number of hydrogen-bond donors (Lipinski definition) is 1. The predicted octanol–water partition coefficient (Wildman–Crippen LogP) is 3.82. The molecule has 37 heavy (non-hydrogen) atoms. The van der Waals surface area contributed by atoms with Crippen LogP contribution in [0.25, 0.3) is 17.2 Å². The molecule has 4 rings (SSSR count). The van der Waals surface area contributed by atoms with E-state index in [1.165, 1.54) is 4.90 Å². The molecule has 0 saturated heterocycles. The SMILES string of the molecule is CCCN(CCC)C(=O)C1=Cc2ccc(-c3ccc4c(c3)CN(CC(=O)N(C)C)C4=O)cc2N=C(N)C1. The minimum Gasteiger partial charge on any atom is -0.387 e. The summed E-state index contributed by atoms with van der Waals surface area (Å²) < 4.78 is 0. The topological polar surface area (TPSA) is 99.3 Å². The van der Waals surface area contributed by atoms with Gasteiger partial charge >= 0.3 is 0 Å². The first kappa shape index (κ1) is 26.1. The standard InChI is InChI=1S/C29H35N5O3/c1-5-11-33(12-6-2)28(36)22-14-21-8-7-20(15-25(21)31-26(30)16-22)19-9-10-24-23(13-19)17-34(29(24)37)18-27(35)32(3)4/h7-10,13-15H,5-6,11-12,16-18H2,1-4H3,(H2,30,31). The van der Waals surface area contributed by atoms with Gasteiger partial charge in [0.05, 0.1) is 5.69 Å². The van der Waals surface area contributed by atoms with E-state index in [1.54, 1.807) is 19.0 Å². The fourth-order valence-corrected chi connectivity index (χ4v) is 4.76. The molecular weight excluding hydrogens is 466 g/mol. The summed E-state index contributed by atoms with van der Waals surface area (Å²) in [6, 6.07) is 11.7. The molecule has 2 N–H and O–H groups in total. The average molecular weight is 502 g/mol. The molecule has 0 radical (unpaired) electrons.